The van der Waals surface area contributed by atoms with Crippen LogP contribution < -0.4 is 4.90 Å². The normalized spacial score (nSPS) is 11.8. The van der Waals surface area contributed by atoms with Crippen LogP contribution in [0.3, 0.4) is 0 Å². The van der Waals surface area contributed by atoms with Crippen LogP contribution >= 0.6 is 0 Å². The molecule has 10 rings (SSSR count). The first kappa shape index (κ1) is 26.0. The number of benzene rings is 8. The van der Waals surface area contributed by atoms with Crippen molar-refractivity contribution in [2.24, 2.45) is 0 Å². The van der Waals surface area contributed by atoms with E-state index < -0.39 is 0 Å². The first-order valence-electron chi connectivity index (χ1n) is 15.9. The Morgan fingerprint density at radius 1 is 0.362 bits per heavy atom. The molecule has 0 amide bonds. The van der Waals surface area contributed by atoms with Gasteiger partial charge < -0.3 is 13.7 Å². The van der Waals surface area contributed by atoms with E-state index in [2.05, 4.69) is 157 Å². The summed E-state index contributed by atoms with van der Waals surface area (Å²) in [5, 5.41) is 9.08. The smallest absolute Gasteiger partial charge is 0.159 e. The molecule has 8 aromatic carbocycles. The van der Waals surface area contributed by atoms with Gasteiger partial charge in [-0.15, -0.1) is 0 Å². The molecule has 0 radical (unpaired) electrons. The lowest BCUT2D eigenvalue weighted by Crippen LogP contribution is -2.12. The second-order valence-corrected chi connectivity index (χ2v) is 12.1. The molecule has 0 aliphatic heterocycles. The van der Waals surface area contributed by atoms with Gasteiger partial charge in [0.1, 0.15) is 16.7 Å². The summed E-state index contributed by atoms with van der Waals surface area (Å²) in [7, 11) is 0. The summed E-state index contributed by atoms with van der Waals surface area (Å²) in [6.45, 7) is 0. The first-order chi connectivity index (χ1) is 23.3. The van der Waals surface area contributed by atoms with Crippen LogP contribution in [0, 0.1) is 0 Å². The molecule has 10 aromatic rings. The van der Waals surface area contributed by atoms with Crippen molar-refractivity contribution in [3.63, 3.8) is 0 Å². The molecule has 0 saturated carbocycles. The minimum atomic E-state index is 0.844. The van der Waals surface area contributed by atoms with Gasteiger partial charge in [0, 0.05) is 38.6 Å². The van der Waals surface area contributed by atoms with Crippen molar-refractivity contribution >= 4 is 82.5 Å². The summed E-state index contributed by atoms with van der Waals surface area (Å²) >= 11 is 0. The van der Waals surface area contributed by atoms with Crippen molar-refractivity contribution in [3.05, 3.63) is 164 Å². The summed E-state index contributed by atoms with van der Waals surface area (Å²) in [5.74, 6) is 0. The number of rotatable bonds is 4. The van der Waals surface area contributed by atoms with Crippen LogP contribution in [0.5, 0.6) is 0 Å². The molecule has 0 aliphatic rings. The Morgan fingerprint density at radius 2 is 1.02 bits per heavy atom. The number of para-hydroxylation sites is 3. The molecule has 220 valence electrons. The van der Waals surface area contributed by atoms with Crippen molar-refractivity contribution in [1.29, 1.82) is 0 Å². The molecule has 47 heavy (non-hydrogen) atoms. The summed E-state index contributed by atoms with van der Waals surface area (Å²) in [6.07, 6.45) is 0. The third kappa shape index (κ3) is 3.93. The zero-order chi connectivity index (χ0) is 30.9. The van der Waals surface area contributed by atoms with E-state index in [0.29, 0.717) is 0 Å². The molecule has 3 nitrogen and oxygen atoms in total. The van der Waals surface area contributed by atoms with Gasteiger partial charge in [-0.05, 0) is 52.1 Å². The van der Waals surface area contributed by atoms with E-state index in [1.165, 1.54) is 10.8 Å². The van der Waals surface area contributed by atoms with Gasteiger partial charge in [0.15, 0.2) is 5.58 Å². The highest BCUT2D eigenvalue weighted by molar-refractivity contribution is 6.24. The SMILES string of the molecule is c1ccc(-c2ccccc2N(c2cc3oc4cc5ccccc5cc4c3c3ccccc23)c2cccc3c2oc2ccccc23)cc1. The Hall–Kier alpha value is -6.32. The lowest BCUT2D eigenvalue weighted by atomic mass is 9.98. The third-order valence-electron chi connectivity index (χ3n) is 9.42. The Bertz CT molecular complexity index is 2810. The number of fused-ring (bicyclic) bond motifs is 9. The lowest BCUT2D eigenvalue weighted by molar-refractivity contribution is 0.668. The molecule has 0 atom stereocenters. The molecule has 0 N–H and O–H groups in total. The zero-order valence-corrected chi connectivity index (χ0v) is 25.4. The second-order valence-electron chi connectivity index (χ2n) is 12.1. The average Bonchev–Trinajstić information content (AvgIpc) is 3.70. The summed E-state index contributed by atoms with van der Waals surface area (Å²) in [4.78, 5) is 2.36. The van der Waals surface area contributed by atoms with Crippen LogP contribution in [-0.4, -0.2) is 0 Å². The summed E-state index contributed by atoms with van der Waals surface area (Å²) in [6, 6.07) is 57.7. The van der Waals surface area contributed by atoms with E-state index in [1.807, 2.05) is 12.1 Å². The Kier molecular flexibility index (Phi) is 5.57. The maximum absolute atomic E-state index is 6.73. The average molecular weight is 602 g/mol. The Balaban J connectivity index is 1.34. The maximum atomic E-state index is 6.73. The highest BCUT2D eigenvalue weighted by Gasteiger charge is 2.25. The Morgan fingerprint density at radius 3 is 1.89 bits per heavy atom. The molecule has 0 unspecified atom stereocenters. The highest BCUT2D eigenvalue weighted by Crippen LogP contribution is 2.49. The number of hydrogen-bond donors (Lipinski definition) is 0. The van der Waals surface area contributed by atoms with E-state index in [1.54, 1.807) is 0 Å². The number of furan rings is 2. The molecule has 2 heterocycles. The largest absolute Gasteiger partial charge is 0.456 e. The Labute approximate surface area is 270 Å². The number of anilines is 3. The number of nitrogens with zero attached hydrogens (tertiary/aromatic N) is 1. The lowest BCUT2D eigenvalue weighted by Gasteiger charge is -2.29. The van der Waals surface area contributed by atoms with E-state index >= 15 is 0 Å². The van der Waals surface area contributed by atoms with Crippen molar-refractivity contribution in [3.8, 4) is 11.1 Å². The third-order valence-corrected chi connectivity index (χ3v) is 9.42. The fraction of sp³-hybridized carbons (Fsp3) is 0. The van der Waals surface area contributed by atoms with Gasteiger partial charge >= 0.3 is 0 Å². The fourth-order valence-corrected chi connectivity index (χ4v) is 7.32. The van der Waals surface area contributed by atoms with Crippen molar-refractivity contribution in [1.82, 2.24) is 0 Å². The van der Waals surface area contributed by atoms with Crippen molar-refractivity contribution in [2.45, 2.75) is 0 Å². The van der Waals surface area contributed by atoms with Gasteiger partial charge in [0.05, 0.1) is 17.1 Å². The minimum Gasteiger partial charge on any atom is -0.456 e. The van der Waals surface area contributed by atoms with Gasteiger partial charge in [-0.3, -0.25) is 0 Å². The van der Waals surface area contributed by atoms with Crippen LogP contribution in [0.1, 0.15) is 0 Å². The summed E-state index contributed by atoms with van der Waals surface area (Å²) in [5.41, 5.74) is 8.76. The molecular formula is C44H27NO2. The van der Waals surface area contributed by atoms with Gasteiger partial charge in [0.2, 0.25) is 0 Å². The molecule has 0 saturated heterocycles. The molecule has 3 heteroatoms. The van der Waals surface area contributed by atoms with Gasteiger partial charge in [-0.1, -0.05) is 127 Å². The van der Waals surface area contributed by atoms with Gasteiger partial charge in [0.25, 0.3) is 0 Å². The predicted octanol–water partition coefficient (Wildman–Crippen LogP) is 12.9. The minimum absolute atomic E-state index is 0.844. The van der Waals surface area contributed by atoms with Crippen LogP contribution in [0.4, 0.5) is 17.1 Å². The van der Waals surface area contributed by atoms with Crippen LogP contribution in [-0.2, 0) is 0 Å². The highest BCUT2D eigenvalue weighted by atomic mass is 16.3. The van der Waals surface area contributed by atoms with E-state index in [-0.39, 0.29) is 0 Å². The van der Waals surface area contributed by atoms with Crippen LogP contribution in [0.2, 0.25) is 0 Å². The van der Waals surface area contributed by atoms with Gasteiger partial charge in [-0.25, -0.2) is 0 Å². The quantitative estimate of drug-likeness (QED) is 0.201. The monoisotopic (exact) mass is 601 g/mol. The zero-order valence-electron chi connectivity index (χ0n) is 25.4. The first-order valence-corrected chi connectivity index (χ1v) is 15.9. The molecular weight excluding hydrogens is 574 g/mol. The molecule has 0 fully saturated rings. The molecule has 2 aromatic heterocycles. The van der Waals surface area contributed by atoms with Gasteiger partial charge in [-0.2, -0.15) is 0 Å². The number of hydrogen-bond acceptors (Lipinski definition) is 3. The van der Waals surface area contributed by atoms with E-state index in [4.69, 9.17) is 8.83 Å². The van der Waals surface area contributed by atoms with Crippen LogP contribution in [0.15, 0.2) is 173 Å². The molecule has 0 spiro atoms. The molecule has 0 aliphatic carbocycles. The van der Waals surface area contributed by atoms with E-state index in [9.17, 15) is 0 Å². The van der Waals surface area contributed by atoms with Crippen molar-refractivity contribution < 1.29 is 8.83 Å². The maximum Gasteiger partial charge on any atom is 0.159 e. The summed E-state index contributed by atoms with van der Waals surface area (Å²) < 4.78 is 13.4. The fourth-order valence-electron chi connectivity index (χ4n) is 7.32. The molecule has 0 bridgehead atoms. The predicted molar refractivity (Wildman–Crippen MR) is 196 cm³/mol. The topological polar surface area (TPSA) is 29.5 Å². The standard InChI is InChI=1S/C44H27NO2/c1-2-13-28(14-3-1)31-17-8-10-22-37(31)45(38-23-12-21-35-33-19-9-11-24-40(33)47-44(35)38)39-27-42-43(34-20-7-6-18-32(34)39)36-25-29-15-4-5-16-30(29)26-41(36)46-42/h1-27H. The van der Waals surface area contributed by atoms with Crippen molar-refractivity contribution in [2.75, 3.05) is 4.90 Å². The second kappa shape index (κ2) is 10.1. The van der Waals surface area contributed by atoms with Crippen LogP contribution in [0.25, 0.3) is 76.5 Å². The van der Waals surface area contributed by atoms with E-state index in [0.717, 1.165) is 82.8 Å².